The van der Waals surface area contributed by atoms with E-state index in [4.69, 9.17) is 19.9 Å². The zero-order chi connectivity index (χ0) is 20.9. The van der Waals surface area contributed by atoms with Crippen molar-refractivity contribution in [3.63, 3.8) is 0 Å². The van der Waals surface area contributed by atoms with Crippen LogP contribution in [0.5, 0.6) is 5.75 Å². The highest BCUT2D eigenvalue weighted by Gasteiger charge is 2.84. The second kappa shape index (κ2) is 6.57. The van der Waals surface area contributed by atoms with E-state index in [0.717, 1.165) is 29.7 Å². The standard InChI is InChI=1S/C21H23N5O3/c1-27-14-9-7-13(8-10-14)17-19(11-22)18(24)26-21(28-2,29-3)20(19,12-23)15-5-4-6-16(15)25-17/h7-10,17,25H,4-6H2,1-3H3,(H2,24,26)/p+2/t17-,19-,20-/m1/s1. The van der Waals surface area contributed by atoms with Crippen LogP contribution in [0, 0.1) is 33.5 Å². The highest BCUT2D eigenvalue weighted by Crippen LogP contribution is 2.61. The van der Waals surface area contributed by atoms with Crippen LogP contribution >= 0.6 is 0 Å². The Morgan fingerprint density at radius 3 is 2.34 bits per heavy atom. The van der Waals surface area contributed by atoms with Crippen LogP contribution < -0.4 is 20.8 Å². The topological polar surface area (TPSA) is 132 Å². The van der Waals surface area contributed by atoms with Gasteiger partial charge in [0.05, 0.1) is 19.2 Å². The average molecular weight is 395 g/mol. The highest BCUT2D eigenvalue weighted by molar-refractivity contribution is 5.90. The van der Waals surface area contributed by atoms with Crippen molar-refractivity contribution < 1.29 is 24.5 Å². The van der Waals surface area contributed by atoms with E-state index in [9.17, 15) is 10.5 Å². The summed E-state index contributed by atoms with van der Waals surface area (Å²) in [6, 6.07) is 11.9. The molecule has 1 aliphatic carbocycles. The fraction of sp³-hybridized carbons (Fsp3) is 0.476. The number of hydrogen-bond acceptors (Lipinski definition) is 6. The number of nitriles is 2. The van der Waals surface area contributed by atoms with Crippen molar-refractivity contribution in [1.82, 2.24) is 0 Å². The summed E-state index contributed by atoms with van der Waals surface area (Å²) in [5, 5.41) is 23.3. The Hall–Kier alpha value is -2.91. The highest BCUT2D eigenvalue weighted by atomic mass is 16.7. The first-order valence-corrected chi connectivity index (χ1v) is 9.55. The maximum Gasteiger partial charge on any atom is 0.346 e. The predicted molar refractivity (Wildman–Crippen MR) is 102 cm³/mol. The van der Waals surface area contributed by atoms with Crippen LogP contribution in [0.1, 0.15) is 30.9 Å². The third kappa shape index (κ3) is 2.09. The lowest BCUT2D eigenvalue weighted by molar-refractivity contribution is -0.699. The lowest BCUT2D eigenvalue weighted by Crippen LogP contribution is -2.92. The molecule has 1 aromatic rings. The maximum absolute atomic E-state index is 10.6. The Morgan fingerprint density at radius 2 is 1.79 bits per heavy atom. The molecule has 8 heteroatoms. The molecular formula is C21H25N5O3+2. The van der Waals surface area contributed by atoms with Gasteiger partial charge in [-0.3, -0.25) is 5.73 Å². The summed E-state index contributed by atoms with van der Waals surface area (Å²) in [5.74, 6) is -0.654. The van der Waals surface area contributed by atoms with Crippen molar-refractivity contribution in [2.45, 2.75) is 31.2 Å². The van der Waals surface area contributed by atoms with Gasteiger partial charge in [-0.15, -0.1) is 0 Å². The smallest absolute Gasteiger partial charge is 0.346 e. The predicted octanol–water partition coefficient (Wildman–Crippen LogP) is -0.831. The minimum Gasteiger partial charge on any atom is -0.497 e. The molecule has 0 unspecified atom stereocenters. The number of nitrogens with zero attached hydrogens (tertiary/aromatic N) is 2. The number of rotatable bonds is 4. The lowest BCUT2D eigenvalue weighted by Gasteiger charge is -2.46. The first-order valence-electron chi connectivity index (χ1n) is 9.55. The SMILES string of the molecule is COc1ccc([C@H]2[NH2+]C3=C(CCC3)[C@@]3(C#N)C(OC)(OC)[NH+]=C(N)[C@@]23C#N)cc1. The number of ether oxygens (including phenoxy) is 3. The first kappa shape index (κ1) is 19.4. The Morgan fingerprint density at radius 1 is 1.10 bits per heavy atom. The van der Waals surface area contributed by atoms with Crippen LogP contribution in [0.3, 0.4) is 0 Å². The number of quaternary nitrogens is 1. The second-order valence-electron chi connectivity index (χ2n) is 7.62. The van der Waals surface area contributed by atoms with Gasteiger partial charge in [-0.2, -0.15) is 10.5 Å². The van der Waals surface area contributed by atoms with Crippen LogP contribution in [-0.4, -0.2) is 33.1 Å². The van der Waals surface area contributed by atoms with Gasteiger partial charge >= 0.3 is 5.91 Å². The molecule has 0 spiro atoms. The molecule has 3 atom stereocenters. The minimum absolute atomic E-state index is 0.181. The molecule has 150 valence electrons. The molecule has 0 radical (unpaired) electrons. The maximum atomic E-state index is 10.6. The molecule has 4 rings (SSSR count). The zero-order valence-electron chi connectivity index (χ0n) is 16.8. The van der Waals surface area contributed by atoms with Crippen molar-refractivity contribution in [1.29, 1.82) is 10.5 Å². The van der Waals surface area contributed by atoms with E-state index >= 15 is 0 Å². The number of nitrogens with two attached hydrogens (primary N) is 2. The zero-order valence-corrected chi connectivity index (χ0v) is 16.8. The molecule has 1 aromatic carbocycles. The fourth-order valence-electron chi connectivity index (χ4n) is 5.47. The minimum atomic E-state index is -1.55. The Bertz CT molecular complexity index is 983. The van der Waals surface area contributed by atoms with Gasteiger partial charge in [0, 0.05) is 31.8 Å². The third-order valence-corrected chi connectivity index (χ3v) is 6.75. The van der Waals surface area contributed by atoms with Gasteiger partial charge in [0.15, 0.2) is 0 Å². The number of nitrogens with one attached hydrogen (secondary N) is 1. The summed E-state index contributed by atoms with van der Waals surface area (Å²) < 4.78 is 16.8. The van der Waals surface area contributed by atoms with Crippen molar-refractivity contribution in [2.24, 2.45) is 16.6 Å². The second-order valence-corrected chi connectivity index (χ2v) is 7.62. The van der Waals surface area contributed by atoms with E-state index in [2.05, 4.69) is 22.4 Å². The quantitative estimate of drug-likeness (QED) is 0.570. The Kier molecular flexibility index (Phi) is 4.39. The van der Waals surface area contributed by atoms with E-state index in [0.29, 0.717) is 12.2 Å². The summed E-state index contributed by atoms with van der Waals surface area (Å²) in [7, 11) is 4.53. The van der Waals surface area contributed by atoms with Gasteiger partial charge in [-0.25, -0.2) is 4.99 Å². The molecule has 0 bridgehead atoms. The van der Waals surface area contributed by atoms with E-state index in [-0.39, 0.29) is 5.84 Å². The molecule has 29 heavy (non-hydrogen) atoms. The monoisotopic (exact) mass is 395 g/mol. The van der Waals surface area contributed by atoms with Crippen LogP contribution in [-0.2, 0) is 9.47 Å². The summed E-state index contributed by atoms with van der Waals surface area (Å²) >= 11 is 0. The van der Waals surface area contributed by atoms with Gasteiger partial charge in [0.25, 0.3) is 5.84 Å². The van der Waals surface area contributed by atoms with Crippen LogP contribution in [0.15, 0.2) is 35.5 Å². The number of benzene rings is 1. The molecule has 0 amide bonds. The first-order chi connectivity index (χ1) is 14.0. The largest absolute Gasteiger partial charge is 0.497 e. The number of hydrogen-bond donors (Lipinski definition) is 3. The molecule has 3 aliphatic rings. The average Bonchev–Trinajstić information content (AvgIpc) is 3.32. The van der Waals surface area contributed by atoms with Crippen molar-refractivity contribution in [3.8, 4) is 17.9 Å². The van der Waals surface area contributed by atoms with Crippen molar-refractivity contribution in [2.75, 3.05) is 21.3 Å². The van der Waals surface area contributed by atoms with Crippen molar-refractivity contribution >= 4 is 5.84 Å². The summed E-state index contributed by atoms with van der Waals surface area (Å²) in [5.41, 5.74) is 6.50. The molecule has 2 aliphatic heterocycles. The number of methoxy groups -OCH3 is 3. The van der Waals surface area contributed by atoms with Gasteiger partial charge in [-0.05, 0) is 37.1 Å². The Balaban J connectivity index is 2.04. The summed E-state index contributed by atoms with van der Waals surface area (Å²) in [6.07, 6.45) is 2.45. The molecule has 0 fully saturated rings. The third-order valence-electron chi connectivity index (χ3n) is 6.75. The molecule has 2 heterocycles. The number of amidine groups is 1. The Labute approximate surface area is 169 Å². The molecular weight excluding hydrogens is 370 g/mol. The molecule has 8 nitrogen and oxygen atoms in total. The van der Waals surface area contributed by atoms with Gasteiger partial charge in [0.1, 0.15) is 17.5 Å². The van der Waals surface area contributed by atoms with Crippen molar-refractivity contribution in [3.05, 3.63) is 41.1 Å². The van der Waals surface area contributed by atoms with Crippen LogP contribution in [0.4, 0.5) is 0 Å². The van der Waals surface area contributed by atoms with E-state index < -0.39 is 22.8 Å². The van der Waals surface area contributed by atoms with E-state index in [1.807, 2.05) is 24.3 Å². The van der Waals surface area contributed by atoms with Gasteiger partial charge in [0.2, 0.25) is 10.8 Å². The fourth-order valence-corrected chi connectivity index (χ4v) is 5.47. The number of allylic oxidation sites excluding steroid dienone is 1. The molecule has 0 saturated heterocycles. The van der Waals surface area contributed by atoms with Gasteiger partial charge in [-0.1, -0.05) is 0 Å². The molecule has 0 aromatic heterocycles. The van der Waals surface area contributed by atoms with Crippen LogP contribution in [0.2, 0.25) is 0 Å². The lowest BCUT2D eigenvalue weighted by atomic mass is 9.53. The van der Waals surface area contributed by atoms with E-state index in [1.165, 1.54) is 14.2 Å². The van der Waals surface area contributed by atoms with E-state index in [1.54, 1.807) is 7.11 Å². The summed E-state index contributed by atoms with van der Waals surface area (Å²) in [4.78, 5) is 3.05. The molecule has 5 N–H and O–H groups in total. The molecule has 0 saturated carbocycles. The van der Waals surface area contributed by atoms with Crippen LogP contribution in [0.25, 0.3) is 0 Å². The summed E-state index contributed by atoms with van der Waals surface area (Å²) in [6.45, 7) is 0. The van der Waals surface area contributed by atoms with Gasteiger partial charge < -0.3 is 19.5 Å². The number of fused-ring (bicyclic) bond motifs is 2. The normalized spacial score (nSPS) is 32.0.